The lowest BCUT2D eigenvalue weighted by Gasteiger charge is -2.46. The largest absolute Gasteiger partial charge is 0.459 e. The molecule has 2 aliphatic rings. The lowest BCUT2D eigenvalue weighted by atomic mass is 9.78. The number of cyclic esters (lactones) is 1. The van der Waals surface area contributed by atoms with E-state index < -0.39 is 87.9 Å². The molecular formula is C42H70ClN5O12S. The SMILES string of the molecule is CC[C@H]1OC(=O)[C@@H](C)[C@@H](O)[C@@H](C)[C@@H](O[C@H]2O[C@@H](C)C[C@H](N(C)C)[C@@H]2O)[C@](C)(O)C[C@@H](C)CN(CCCN(CCC#N)C(=O)NS(=O)(=O)c2ccc(Cl)cc2)[C@H](C)[C@@H](O)[C@]1(C)O. The number of amides is 2. The van der Waals surface area contributed by atoms with Gasteiger partial charge in [-0.05, 0) is 105 Å². The van der Waals surface area contributed by atoms with E-state index in [4.69, 9.17) is 25.8 Å². The maximum absolute atomic E-state index is 13.7. The Kier molecular flexibility index (Phi) is 19.3. The summed E-state index contributed by atoms with van der Waals surface area (Å²) in [6, 6.07) is 5.18. The molecule has 1 aromatic rings. The van der Waals surface area contributed by atoms with Crippen LogP contribution < -0.4 is 4.72 Å². The van der Waals surface area contributed by atoms with Gasteiger partial charge in [0.25, 0.3) is 10.0 Å². The molecule has 14 atom stereocenters. The van der Waals surface area contributed by atoms with Gasteiger partial charge in [-0.25, -0.2) is 17.9 Å². The second-order valence-corrected chi connectivity index (χ2v) is 19.9. The predicted octanol–water partition coefficient (Wildman–Crippen LogP) is 2.70. The van der Waals surface area contributed by atoms with Crippen LogP contribution in [0.2, 0.25) is 5.02 Å². The van der Waals surface area contributed by atoms with E-state index in [1.165, 1.54) is 43.0 Å². The van der Waals surface area contributed by atoms with Crippen molar-refractivity contribution in [1.82, 2.24) is 19.4 Å². The first kappa shape index (κ1) is 52.7. The molecule has 0 aliphatic carbocycles. The van der Waals surface area contributed by atoms with Crippen molar-refractivity contribution < 1.29 is 57.8 Å². The number of nitrogens with zero attached hydrogens (tertiary/aromatic N) is 4. The Hall–Kier alpha value is -2.67. The van der Waals surface area contributed by atoms with Gasteiger partial charge in [-0.15, -0.1) is 0 Å². The molecule has 1 aromatic carbocycles. The number of carbonyl (C=O) groups is 2. The lowest BCUT2D eigenvalue weighted by Crippen LogP contribution is -2.59. The maximum atomic E-state index is 13.7. The highest BCUT2D eigenvalue weighted by molar-refractivity contribution is 7.90. The predicted molar refractivity (Wildman–Crippen MR) is 227 cm³/mol. The third kappa shape index (κ3) is 13.7. The minimum atomic E-state index is -4.28. The fourth-order valence-corrected chi connectivity index (χ4v) is 9.81. The minimum absolute atomic E-state index is 0.0000603. The Balaban J connectivity index is 1.99. The summed E-state index contributed by atoms with van der Waals surface area (Å²) >= 11 is 5.91. The standard InChI is InChI=1S/C42H70ClN5O12S/c1-11-33-42(8,55)36(51)29(6)48(21-13-20-47(19-12-18-44)40(53)45-61(56,57)31-16-14-30(43)15-17-31)24-25(2)23-41(7,54)37(27(4)34(49)28(5)38(52)59-33)60-39-35(50)32(46(9)10)22-26(3)58-39/h14-17,25-29,32-37,39,49-51,54-55H,11-13,19-24H2,1-10H3,(H,45,53)/t25-,26+,27-,28+,29-,32+,33-,34+,35+,36-,37-,39-,41-,42-/m1/s1. The highest BCUT2D eigenvalue weighted by Crippen LogP contribution is 2.37. The van der Waals surface area contributed by atoms with Crippen LogP contribution in [0, 0.1) is 29.1 Å². The Labute approximate surface area is 366 Å². The molecule has 0 radical (unpaired) electrons. The fourth-order valence-electron chi connectivity index (χ4n) is 8.72. The zero-order valence-electron chi connectivity index (χ0n) is 37.3. The van der Waals surface area contributed by atoms with Gasteiger partial charge in [-0.2, -0.15) is 5.26 Å². The molecule has 2 amide bonds. The first-order valence-electron chi connectivity index (χ1n) is 21.1. The minimum Gasteiger partial charge on any atom is -0.459 e. The Morgan fingerprint density at radius 1 is 1.07 bits per heavy atom. The van der Waals surface area contributed by atoms with Crippen molar-refractivity contribution in [2.45, 2.75) is 159 Å². The summed E-state index contributed by atoms with van der Waals surface area (Å²) in [5.41, 5.74) is -3.68. The van der Waals surface area contributed by atoms with Gasteiger partial charge < -0.3 is 49.5 Å². The fraction of sp³-hybridized carbons (Fsp3) is 0.786. The summed E-state index contributed by atoms with van der Waals surface area (Å²) in [5.74, 6) is -3.28. The molecule has 0 aromatic heterocycles. The number of aliphatic hydroxyl groups excluding tert-OH is 3. The van der Waals surface area contributed by atoms with E-state index >= 15 is 0 Å². The second-order valence-electron chi connectivity index (χ2n) is 17.8. The number of carbonyl (C=O) groups excluding carboxylic acids is 2. The number of halogens is 1. The molecule has 61 heavy (non-hydrogen) atoms. The smallest absolute Gasteiger partial charge is 0.331 e. The Morgan fingerprint density at radius 3 is 2.26 bits per heavy atom. The van der Waals surface area contributed by atoms with E-state index in [0.29, 0.717) is 11.4 Å². The van der Waals surface area contributed by atoms with Crippen molar-refractivity contribution in [3.05, 3.63) is 29.3 Å². The maximum Gasteiger partial charge on any atom is 0.331 e. The average Bonchev–Trinajstić information content (AvgIpc) is 3.18. The molecule has 0 unspecified atom stereocenters. The number of hydrogen-bond acceptors (Lipinski definition) is 15. The normalized spacial score (nSPS) is 36.3. The van der Waals surface area contributed by atoms with Crippen LogP contribution in [0.4, 0.5) is 4.79 Å². The molecule has 348 valence electrons. The number of esters is 1. The number of hydrogen-bond donors (Lipinski definition) is 6. The summed E-state index contributed by atoms with van der Waals surface area (Å²) < 4.78 is 46.5. The van der Waals surface area contributed by atoms with Crippen molar-refractivity contribution in [3.63, 3.8) is 0 Å². The van der Waals surface area contributed by atoms with Gasteiger partial charge in [0.05, 0.1) is 47.2 Å². The lowest BCUT2D eigenvalue weighted by molar-refractivity contribution is -0.299. The number of rotatable bonds is 12. The molecule has 2 aliphatic heterocycles. The molecule has 2 fully saturated rings. The number of benzene rings is 1. The highest BCUT2D eigenvalue weighted by Gasteiger charge is 2.50. The molecule has 0 spiro atoms. The van der Waals surface area contributed by atoms with Gasteiger partial charge >= 0.3 is 12.0 Å². The second kappa shape index (κ2) is 22.3. The first-order chi connectivity index (χ1) is 28.3. The summed E-state index contributed by atoms with van der Waals surface area (Å²) in [4.78, 5) is 31.8. The molecule has 6 N–H and O–H groups in total. The molecular weight excluding hydrogens is 834 g/mol. The molecule has 19 heteroatoms. The van der Waals surface area contributed by atoms with Gasteiger partial charge in [0, 0.05) is 49.2 Å². The summed E-state index contributed by atoms with van der Waals surface area (Å²) in [6.07, 6.45) is -7.06. The molecule has 0 saturated carbocycles. The van der Waals surface area contributed by atoms with E-state index in [0.717, 1.165) is 0 Å². The van der Waals surface area contributed by atoms with Crippen LogP contribution in [0.5, 0.6) is 0 Å². The summed E-state index contributed by atoms with van der Waals surface area (Å²) in [7, 11) is -0.614. The highest BCUT2D eigenvalue weighted by atomic mass is 35.5. The molecule has 3 rings (SSSR count). The number of nitriles is 1. The van der Waals surface area contributed by atoms with Crippen LogP contribution in [-0.4, -0.2) is 167 Å². The summed E-state index contributed by atoms with van der Waals surface area (Å²) in [5, 5.41) is 68.9. The first-order valence-corrected chi connectivity index (χ1v) is 23.0. The van der Waals surface area contributed by atoms with Gasteiger partial charge in [0.1, 0.15) is 23.9 Å². The van der Waals surface area contributed by atoms with Crippen LogP contribution in [0.25, 0.3) is 0 Å². The van der Waals surface area contributed by atoms with Crippen LogP contribution in [0.15, 0.2) is 29.2 Å². The van der Waals surface area contributed by atoms with Gasteiger partial charge in [-0.3, -0.25) is 9.69 Å². The quantitative estimate of drug-likeness (QED) is 0.165. The van der Waals surface area contributed by atoms with Crippen molar-refractivity contribution >= 4 is 33.6 Å². The Bertz CT molecular complexity index is 1730. The van der Waals surface area contributed by atoms with Crippen LogP contribution in [-0.2, 0) is 29.0 Å². The van der Waals surface area contributed by atoms with Crippen molar-refractivity contribution in [2.24, 2.45) is 17.8 Å². The number of likely N-dealkylation sites (N-methyl/N-ethyl adjacent to an activating group) is 1. The van der Waals surface area contributed by atoms with Gasteiger partial charge in [0.2, 0.25) is 0 Å². The monoisotopic (exact) mass is 903 g/mol. The Morgan fingerprint density at radius 2 is 1.69 bits per heavy atom. The van der Waals surface area contributed by atoms with E-state index in [2.05, 4.69) is 4.72 Å². The number of aliphatic hydroxyl groups is 5. The van der Waals surface area contributed by atoms with E-state index in [1.54, 1.807) is 27.7 Å². The average molecular weight is 905 g/mol. The molecule has 2 saturated heterocycles. The number of nitrogens with one attached hydrogen (secondary N) is 1. The van der Waals surface area contributed by atoms with Crippen LogP contribution in [0.1, 0.15) is 87.5 Å². The van der Waals surface area contributed by atoms with E-state index in [9.17, 15) is 48.8 Å². The zero-order chi connectivity index (χ0) is 46.2. The van der Waals surface area contributed by atoms with E-state index in [1.807, 2.05) is 43.8 Å². The van der Waals surface area contributed by atoms with Crippen molar-refractivity contribution in [2.75, 3.05) is 40.3 Å². The van der Waals surface area contributed by atoms with Gasteiger partial charge in [-0.1, -0.05) is 32.4 Å². The molecule has 17 nitrogen and oxygen atoms in total. The number of ether oxygens (including phenoxy) is 3. The summed E-state index contributed by atoms with van der Waals surface area (Å²) in [6.45, 7) is 13.5. The number of urea groups is 1. The van der Waals surface area contributed by atoms with Crippen LogP contribution >= 0.6 is 11.6 Å². The van der Waals surface area contributed by atoms with Crippen molar-refractivity contribution in [1.29, 1.82) is 5.26 Å². The van der Waals surface area contributed by atoms with Crippen LogP contribution in [0.3, 0.4) is 0 Å². The van der Waals surface area contributed by atoms with Gasteiger partial charge in [0.15, 0.2) is 6.29 Å². The van der Waals surface area contributed by atoms with E-state index in [-0.39, 0.29) is 74.8 Å². The molecule has 2 heterocycles. The zero-order valence-corrected chi connectivity index (χ0v) is 38.8. The topological polar surface area (TPSA) is 243 Å². The molecule has 0 bridgehead atoms. The number of sulfonamides is 1. The van der Waals surface area contributed by atoms with Crippen molar-refractivity contribution in [3.8, 4) is 6.07 Å². The third-order valence-electron chi connectivity index (χ3n) is 12.3. The third-order valence-corrected chi connectivity index (χ3v) is 13.9.